The van der Waals surface area contributed by atoms with Crippen LogP contribution in [0.3, 0.4) is 0 Å². The Bertz CT molecular complexity index is 464. The van der Waals surface area contributed by atoms with Crippen molar-refractivity contribution in [2.75, 3.05) is 0 Å². The minimum absolute atomic E-state index is 0.636. The highest BCUT2D eigenvalue weighted by Gasteiger charge is 2.26. The SMILES string of the molecule is C=C(N)C(=C(/C)CCCC)/C(C)=C(\I)[C@H](C)C1CCC(C)CC1. The molecule has 0 spiro atoms. The van der Waals surface area contributed by atoms with Gasteiger partial charge in [0.1, 0.15) is 0 Å². The van der Waals surface area contributed by atoms with E-state index in [1.807, 2.05) is 0 Å². The third-order valence-electron chi connectivity index (χ3n) is 5.55. The fraction of sp³-hybridized carbons (Fsp3) is 0.714. The summed E-state index contributed by atoms with van der Waals surface area (Å²) in [6.07, 6.45) is 9.10. The summed E-state index contributed by atoms with van der Waals surface area (Å²) in [7, 11) is 0. The Balaban J connectivity index is 3.01. The summed E-state index contributed by atoms with van der Waals surface area (Å²) >= 11 is 2.57. The molecule has 0 bridgehead atoms. The lowest BCUT2D eigenvalue weighted by Gasteiger charge is -2.32. The zero-order chi connectivity index (χ0) is 17.6. The topological polar surface area (TPSA) is 26.0 Å². The molecule has 23 heavy (non-hydrogen) atoms. The van der Waals surface area contributed by atoms with Crippen molar-refractivity contribution in [3.63, 3.8) is 0 Å². The highest BCUT2D eigenvalue weighted by Crippen LogP contribution is 2.40. The molecule has 0 aromatic heterocycles. The maximum Gasteiger partial charge on any atom is 0.0316 e. The number of allylic oxidation sites excluding steroid dienone is 3. The Kier molecular flexibility index (Phi) is 8.95. The zero-order valence-electron chi connectivity index (χ0n) is 15.8. The molecule has 0 heterocycles. The molecule has 1 rings (SSSR count). The predicted octanol–water partition coefficient (Wildman–Crippen LogP) is 7.14. The summed E-state index contributed by atoms with van der Waals surface area (Å²) in [6, 6.07) is 0. The third kappa shape index (κ3) is 5.95. The molecule has 0 saturated heterocycles. The normalized spacial score (nSPS) is 25.5. The molecule has 0 amide bonds. The van der Waals surface area contributed by atoms with Gasteiger partial charge in [0.25, 0.3) is 0 Å². The van der Waals surface area contributed by atoms with Crippen LogP contribution in [-0.2, 0) is 0 Å². The molecule has 1 aliphatic carbocycles. The number of halogens is 1. The van der Waals surface area contributed by atoms with Crippen molar-refractivity contribution in [3.05, 3.63) is 32.6 Å². The summed E-state index contributed by atoms with van der Waals surface area (Å²) < 4.78 is 1.49. The minimum Gasteiger partial charge on any atom is -0.399 e. The Morgan fingerprint density at radius 1 is 1.22 bits per heavy atom. The number of nitrogens with two attached hydrogens (primary N) is 1. The molecule has 0 aromatic carbocycles. The fourth-order valence-corrected chi connectivity index (χ4v) is 4.63. The number of rotatable bonds is 7. The first kappa shape index (κ1) is 20.8. The van der Waals surface area contributed by atoms with Gasteiger partial charge in [0, 0.05) is 5.70 Å². The molecule has 0 unspecified atom stereocenters. The van der Waals surface area contributed by atoms with Crippen LogP contribution in [0.4, 0.5) is 0 Å². The molecule has 1 aliphatic rings. The summed E-state index contributed by atoms with van der Waals surface area (Å²) in [5, 5.41) is 0. The van der Waals surface area contributed by atoms with Gasteiger partial charge in [-0.15, -0.1) is 0 Å². The molecule has 1 nitrogen and oxygen atoms in total. The van der Waals surface area contributed by atoms with Gasteiger partial charge in [-0.2, -0.15) is 0 Å². The second-order valence-electron chi connectivity index (χ2n) is 7.57. The summed E-state index contributed by atoms with van der Waals surface area (Å²) in [5.74, 6) is 2.38. The van der Waals surface area contributed by atoms with Gasteiger partial charge in [0.05, 0.1) is 0 Å². The Hall–Kier alpha value is -0.250. The van der Waals surface area contributed by atoms with Crippen LogP contribution < -0.4 is 5.73 Å². The quantitative estimate of drug-likeness (QED) is 0.338. The molecule has 0 aromatic rings. The smallest absolute Gasteiger partial charge is 0.0316 e. The molecular weight excluding hydrogens is 393 g/mol. The largest absolute Gasteiger partial charge is 0.399 e. The van der Waals surface area contributed by atoms with E-state index in [4.69, 9.17) is 5.73 Å². The van der Waals surface area contributed by atoms with Crippen molar-refractivity contribution >= 4 is 22.6 Å². The lowest BCUT2D eigenvalue weighted by molar-refractivity contribution is 0.248. The summed E-state index contributed by atoms with van der Waals surface area (Å²) in [5.41, 5.74) is 10.9. The second-order valence-corrected chi connectivity index (χ2v) is 8.73. The second kappa shape index (κ2) is 9.90. The lowest BCUT2D eigenvalue weighted by Crippen LogP contribution is -2.20. The summed E-state index contributed by atoms with van der Waals surface area (Å²) in [6.45, 7) is 15.6. The highest BCUT2D eigenvalue weighted by atomic mass is 127. The van der Waals surface area contributed by atoms with E-state index < -0.39 is 0 Å². The van der Waals surface area contributed by atoms with E-state index in [0.717, 1.165) is 24.0 Å². The van der Waals surface area contributed by atoms with Crippen molar-refractivity contribution in [1.82, 2.24) is 0 Å². The van der Waals surface area contributed by atoms with E-state index in [9.17, 15) is 0 Å². The van der Waals surface area contributed by atoms with Gasteiger partial charge in [0.2, 0.25) is 0 Å². The minimum atomic E-state index is 0.636. The average molecular weight is 429 g/mol. The van der Waals surface area contributed by atoms with E-state index in [2.05, 4.69) is 63.8 Å². The molecular formula is C21H36IN. The Morgan fingerprint density at radius 3 is 2.26 bits per heavy atom. The van der Waals surface area contributed by atoms with E-state index in [1.54, 1.807) is 0 Å². The molecule has 1 atom stereocenters. The first-order valence-electron chi connectivity index (χ1n) is 9.30. The van der Waals surface area contributed by atoms with Gasteiger partial charge in [0.15, 0.2) is 0 Å². The molecule has 0 radical (unpaired) electrons. The summed E-state index contributed by atoms with van der Waals surface area (Å²) in [4.78, 5) is 0. The number of unbranched alkanes of at least 4 members (excludes halogenated alkanes) is 1. The van der Waals surface area contributed by atoms with Crippen LogP contribution in [0.2, 0.25) is 0 Å². The highest BCUT2D eigenvalue weighted by molar-refractivity contribution is 14.1. The average Bonchev–Trinajstić information content (AvgIpc) is 2.51. The fourth-order valence-electron chi connectivity index (χ4n) is 3.86. The van der Waals surface area contributed by atoms with Crippen molar-refractivity contribution in [1.29, 1.82) is 0 Å². The molecule has 1 saturated carbocycles. The van der Waals surface area contributed by atoms with Crippen molar-refractivity contribution in [3.8, 4) is 0 Å². The van der Waals surface area contributed by atoms with Crippen LogP contribution in [0.15, 0.2) is 32.6 Å². The third-order valence-corrected chi connectivity index (χ3v) is 7.35. The van der Waals surface area contributed by atoms with Crippen LogP contribution in [-0.4, -0.2) is 0 Å². The maximum atomic E-state index is 6.16. The monoisotopic (exact) mass is 429 g/mol. The van der Waals surface area contributed by atoms with Gasteiger partial charge < -0.3 is 5.73 Å². The van der Waals surface area contributed by atoms with Crippen LogP contribution in [0.25, 0.3) is 0 Å². The molecule has 132 valence electrons. The van der Waals surface area contributed by atoms with E-state index in [0.29, 0.717) is 5.92 Å². The maximum absolute atomic E-state index is 6.16. The standard InChI is InChI=1S/C21H36IN/c1-7-8-9-15(3)20(18(6)23)17(5)21(22)16(4)19-12-10-14(2)11-13-19/h14,16,19H,6-13,23H2,1-5H3/b20-15-,21-17-/t14?,16-,19?/m1/s1. The molecule has 0 aliphatic heterocycles. The van der Waals surface area contributed by atoms with E-state index >= 15 is 0 Å². The first-order chi connectivity index (χ1) is 10.8. The van der Waals surface area contributed by atoms with Gasteiger partial charge in [-0.3, -0.25) is 0 Å². The number of hydrogen-bond acceptors (Lipinski definition) is 1. The molecule has 1 fully saturated rings. The van der Waals surface area contributed by atoms with Crippen molar-refractivity contribution in [2.45, 2.75) is 79.6 Å². The predicted molar refractivity (Wildman–Crippen MR) is 113 cm³/mol. The van der Waals surface area contributed by atoms with Crippen LogP contribution in [0.1, 0.15) is 79.6 Å². The molecule has 2 heteroatoms. The molecule has 2 N–H and O–H groups in total. The Morgan fingerprint density at radius 2 is 1.78 bits per heavy atom. The first-order valence-corrected chi connectivity index (χ1v) is 10.4. The zero-order valence-corrected chi connectivity index (χ0v) is 18.0. The van der Waals surface area contributed by atoms with Crippen molar-refractivity contribution < 1.29 is 0 Å². The number of hydrogen-bond donors (Lipinski definition) is 1. The lowest BCUT2D eigenvalue weighted by atomic mass is 9.76. The van der Waals surface area contributed by atoms with Gasteiger partial charge in [-0.1, -0.05) is 52.2 Å². The van der Waals surface area contributed by atoms with Crippen LogP contribution in [0.5, 0.6) is 0 Å². The van der Waals surface area contributed by atoms with Crippen molar-refractivity contribution in [2.24, 2.45) is 23.5 Å². The Labute approximate surface area is 158 Å². The van der Waals surface area contributed by atoms with Crippen LogP contribution >= 0.6 is 22.6 Å². The van der Waals surface area contributed by atoms with Gasteiger partial charge >= 0.3 is 0 Å². The van der Waals surface area contributed by atoms with E-state index in [-0.39, 0.29) is 0 Å². The van der Waals surface area contributed by atoms with Crippen LogP contribution in [0, 0.1) is 17.8 Å². The van der Waals surface area contributed by atoms with Gasteiger partial charge in [-0.05, 0) is 94.6 Å². The van der Waals surface area contributed by atoms with E-state index in [1.165, 1.54) is 58.8 Å². The van der Waals surface area contributed by atoms with Gasteiger partial charge in [-0.25, -0.2) is 0 Å².